The summed E-state index contributed by atoms with van der Waals surface area (Å²) in [5.74, 6) is 1.67. The molecule has 0 atom stereocenters. The van der Waals surface area contributed by atoms with Crippen molar-refractivity contribution >= 4 is 34.4 Å². The van der Waals surface area contributed by atoms with Crippen LogP contribution < -0.4 is 0 Å². The van der Waals surface area contributed by atoms with Gasteiger partial charge in [0.25, 0.3) is 0 Å². The standard InChI is InChI=1S/C23H20ClFN2S/c1-2-13-28-19-11-12-21-22(14-19)27(15-17-5-3-4-6-20(17)25)23(26-21)16-7-9-18(24)10-8-16/h3-12,14H,2,13,15H2,1H3. The number of nitrogens with zero attached hydrogens (tertiary/aromatic N) is 2. The molecule has 0 saturated carbocycles. The van der Waals surface area contributed by atoms with Gasteiger partial charge in [0.2, 0.25) is 0 Å². The SMILES string of the molecule is CCCSc1ccc2nc(-c3ccc(Cl)cc3)n(Cc3ccccc3F)c2c1. The number of aromatic nitrogens is 2. The maximum Gasteiger partial charge on any atom is 0.141 e. The third kappa shape index (κ3) is 3.94. The van der Waals surface area contributed by atoms with E-state index in [4.69, 9.17) is 16.6 Å². The lowest BCUT2D eigenvalue weighted by Gasteiger charge is -2.11. The summed E-state index contributed by atoms with van der Waals surface area (Å²) in [6.07, 6.45) is 1.12. The number of halogens is 2. The zero-order valence-corrected chi connectivity index (χ0v) is 17.1. The van der Waals surface area contributed by atoms with Crippen molar-refractivity contribution < 1.29 is 4.39 Å². The molecule has 0 bridgehead atoms. The summed E-state index contributed by atoms with van der Waals surface area (Å²) >= 11 is 7.89. The molecule has 0 unspecified atom stereocenters. The van der Waals surface area contributed by atoms with E-state index in [9.17, 15) is 4.39 Å². The van der Waals surface area contributed by atoms with Gasteiger partial charge in [-0.15, -0.1) is 11.8 Å². The van der Waals surface area contributed by atoms with Crippen LogP contribution in [0.1, 0.15) is 18.9 Å². The summed E-state index contributed by atoms with van der Waals surface area (Å²) in [5, 5.41) is 0.679. The van der Waals surface area contributed by atoms with Crippen molar-refractivity contribution in [2.24, 2.45) is 0 Å². The minimum absolute atomic E-state index is 0.206. The van der Waals surface area contributed by atoms with Gasteiger partial charge >= 0.3 is 0 Å². The Balaban J connectivity index is 1.86. The Labute approximate surface area is 173 Å². The number of thioether (sulfide) groups is 1. The van der Waals surface area contributed by atoms with Gasteiger partial charge in [0, 0.05) is 21.0 Å². The zero-order chi connectivity index (χ0) is 19.5. The van der Waals surface area contributed by atoms with E-state index in [0.717, 1.165) is 34.6 Å². The fraction of sp³-hybridized carbons (Fsp3) is 0.174. The normalized spacial score (nSPS) is 11.2. The van der Waals surface area contributed by atoms with Crippen molar-refractivity contribution in [1.82, 2.24) is 9.55 Å². The first-order valence-electron chi connectivity index (χ1n) is 9.28. The van der Waals surface area contributed by atoms with Crippen molar-refractivity contribution in [2.75, 3.05) is 5.75 Å². The van der Waals surface area contributed by atoms with E-state index in [1.807, 2.05) is 54.2 Å². The van der Waals surface area contributed by atoms with Gasteiger partial charge in [0.1, 0.15) is 11.6 Å². The van der Waals surface area contributed by atoms with Gasteiger partial charge in [-0.2, -0.15) is 0 Å². The molecule has 0 fully saturated rings. The number of hydrogen-bond donors (Lipinski definition) is 0. The van der Waals surface area contributed by atoms with Crippen LogP contribution >= 0.6 is 23.4 Å². The molecule has 0 saturated heterocycles. The van der Waals surface area contributed by atoms with E-state index >= 15 is 0 Å². The van der Waals surface area contributed by atoms with E-state index in [1.54, 1.807) is 6.07 Å². The molecule has 0 N–H and O–H groups in total. The Bertz CT molecular complexity index is 1110. The Morgan fingerprint density at radius 3 is 2.57 bits per heavy atom. The van der Waals surface area contributed by atoms with Gasteiger partial charge in [0.15, 0.2) is 0 Å². The van der Waals surface area contributed by atoms with E-state index < -0.39 is 0 Å². The lowest BCUT2D eigenvalue weighted by Crippen LogP contribution is -2.04. The highest BCUT2D eigenvalue weighted by Crippen LogP contribution is 2.30. The highest BCUT2D eigenvalue weighted by Gasteiger charge is 2.15. The molecule has 28 heavy (non-hydrogen) atoms. The van der Waals surface area contributed by atoms with Gasteiger partial charge in [-0.05, 0) is 60.7 Å². The van der Waals surface area contributed by atoms with Gasteiger partial charge < -0.3 is 4.57 Å². The molecule has 0 spiro atoms. The molecule has 0 amide bonds. The van der Waals surface area contributed by atoms with Crippen LogP contribution in [0, 0.1) is 5.82 Å². The van der Waals surface area contributed by atoms with Crippen molar-refractivity contribution in [3.05, 3.63) is 83.1 Å². The lowest BCUT2D eigenvalue weighted by molar-refractivity contribution is 0.602. The van der Waals surface area contributed by atoms with Gasteiger partial charge in [-0.25, -0.2) is 9.37 Å². The van der Waals surface area contributed by atoms with Gasteiger partial charge in [-0.3, -0.25) is 0 Å². The summed E-state index contributed by atoms with van der Waals surface area (Å²) in [4.78, 5) is 6.05. The fourth-order valence-electron chi connectivity index (χ4n) is 3.19. The summed E-state index contributed by atoms with van der Waals surface area (Å²) < 4.78 is 16.4. The number of hydrogen-bond acceptors (Lipinski definition) is 2. The second kappa shape index (κ2) is 8.38. The van der Waals surface area contributed by atoms with E-state index in [0.29, 0.717) is 17.1 Å². The zero-order valence-electron chi connectivity index (χ0n) is 15.5. The van der Waals surface area contributed by atoms with Crippen molar-refractivity contribution in [3.63, 3.8) is 0 Å². The van der Waals surface area contributed by atoms with E-state index in [2.05, 4.69) is 23.6 Å². The summed E-state index contributed by atoms with van der Waals surface area (Å²) in [7, 11) is 0. The first-order chi connectivity index (χ1) is 13.7. The van der Waals surface area contributed by atoms with Crippen LogP contribution in [0.25, 0.3) is 22.4 Å². The van der Waals surface area contributed by atoms with Crippen molar-refractivity contribution in [2.45, 2.75) is 24.8 Å². The van der Waals surface area contributed by atoms with Crippen molar-refractivity contribution in [3.8, 4) is 11.4 Å². The van der Waals surface area contributed by atoms with Gasteiger partial charge in [-0.1, -0.05) is 36.7 Å². The number of rotatable bonds is 6. The molecule has 1 heterocycles. The largest absolute Gasteiger partial charge is 0.319 e. The number of benzene rings is 3. The lowest BCUT2D eigenvalue weighted by atomic mass is 10.2. The molecule has 4 rings (SSSR count). The monoisotopic (exact) mass is 410 g/mol. The minimum Gasteiger partial charge on any atom is -0.319 e. The summed E-state index contributed by atoms with van der Waals surface area (Å²) in [6, 6.07) is 20.8. The molecular weight excluding hydrogens is 391 g/mol. The summed E-state index contributed by atoms with van der Waals surface area (Å²) in [6.45, 7) is 2.59. The predicted molar refractivity (Wildman–Crippen MR) is 117 cm³/mol. The Hall–Kier alpha value is -2.30. The second-order valence-corrected chi connectivity index (χ2v) is 8.22. The summed E-state index contributed by atoms with van der Waals surface area (Å²) in [5.41, 5.74) is 3.51. The van der Waals surface area contributed by atoms with E-state index in [-0.39, 0.29) is 5.82 Å². The van der Waals surface area contributed by atoms with Crippen LogP contribution in [0.2, 0.25) is 5.02 Å². The molecule has 142 valence electrons. The molecule has 0 aliphatic carbocycles. The first-order valence-corrected chi connectivity index (χ1v) is 10.6. The quantitative estimate of drug-likeness (QED) is 0.317. The van der Waals surface area contributed by atoms with Gasteiger partial charge in [0.05, 0.1) is 17.6 Å². The van der Waals surface area contributed by atoms with E-state index in [1.165, 1.54) is 11.0 Å². The molecule has 0 aliphatic rings. The topological polar surface area (TPSA) is 17.8 Å². The Kier molecular flexibility index (Phi) is 5.69. The molecule has 4 aromatic rings. The number of imidazole rings is 1. The Morgan fingerprint density at radius 1 is 1.04 bits per heavy atom. The smallest absolute Gasteiger partial charge is 0.141 e. The molecule has 0 aliphatic heterocycles. The highest BCUT2D eigenvalue weighted by molar-refractivity contribution is 7.99. The van der Waals surface area contributed by atoms with Crippen LogP contribution in [-0.2, 0) is 6.54 Å². The highest BCUT2D eigenvalue weighted by atomic mass is 35.5. The maximum atomic E-state index is 14.4. The Morgan fingerprint density at radius 2 is 1.82 bits per heavy atom. The molecule has 0 radical (unpaired) electrons. The first kappa shape index (κ1) is 19.0. The predicted octanol–water partition coefficient (Wildman–Crippen LogP) is 7.05. The van der Waals surface area contributed by atoms with Crippen LogP contribution in [0.4, 0.5) is 4.39 Å². The second-order valence-electron chi connectivity index (χ2n) is 6.62. The average Bonchev–Trinajstić information content (AvgIpc) is 3.06. The van der Waals surface area contributed by atoms with Crippen LogP contribution in [-0.4, -0.2) is 15.3 Å². The van der Waals surface area contributed by atoms with Crippen LogP contribution in [0.5, 0.6) is 0 Å². The average molecular weight is 411 g/mol. The van der Waals surface area contributed by atoms with Crippen LogP contribution in [0.15, 0.2) is 71.6 Å². The fourth-order valence-corrected chi connectivity index (χ4v) is 4.11. The van der Waals surface area contributed by atoms with Crippen LogP contribution in [0.3, 0.4) is 0 Å². The maximum absolute atomic E-state index is 14.4. The van der Waals surface area contributed by atoms with Crippen molar-refractivity contribution in [1.29, 1.82) is 0 Å². The molecule has 3 aromatic carbocycles. The third-order valence-corrected chi connectivity index (χ3v) is 6.03. The minimum atomic E-state index is -0.206. The molecular formula is C23H20ClFN2S. The third-order valence-electron chi connectivity index (χ3n) is 4.58. The molecule has 1 aromatic heterocycles. The molecule has 2 nitrogen and oxygen atoms in total. The number of fused-ring (bicyclic) bond motifs is 1. The molecule has 5 heteroatoms.